The molecule has 0 saturated carbocycles. The predicted octanol–water partition coefficient (Wildman–Crippen LogP) is 4.43. The zero-order chi connectivity index (χ0) is 18.1. The molecule has 1 fully saturated rings. The van der Waals surface area contributed by atoms with Crippen LogP contribution in [0.3, 0.4) is 0 Å². The molecule has 3 nitrogen and oxygen atoms in total. The zero-order valence-electron chi connectivity index (χ0n) is 17.7. The van der Waals surface area contributed by atoms with Crippen LogP contribution in [0.2, 0.25) is 0 Å². The molecule has 1 aliphatic heterocycles. The Balaban J connectivity index is 0. The van der Waals surface area contributed by atoms with Gasteiger partial charge in [-0.2, -0.15) is 0 Å². The summed E-state index contributed by atoms with van der Waals surface area (Å²) in [5, 5.41) is 0. The second-order valence-corrected chi connectivity index (χ2v) is 6.80. The molecular weight excluding hydrogens is 282 g/mol. The number of nitrogens with zero attached hydrogens (tertiary/aromatic N) is 3. The van der Waals surface area contributed by atoms with Gasteiger partial charge in [0.25, 0.3) is 0 Å². The Morgan fingerprint density at radius 1 is 0.870 bits per heavy atom. The lowest BCUT2D eigenvalue weighted by molar-refractivity contribution is 0.134. The van der Waals surface area contributed by atoms with Crippen molar-refractivity contribution in [2.45, 2.75) is 67.2 Å². The van der Waals surface area contributed by atoms with Crippen LogP contribution < -0.4 is 0 Å². The van der Waals surface area contributed by atoms with E-state index in [-0.39, 0.29) is 0 Å². The molecule has 1 heterocycles. The molecule has 0 aromatic heterocycles. The van der Waals surface area contributed by atoms with E-state index in [1.807, 2.05) is 13.8 Å². The molecule has 3 heteroatoms. The van der Waals surface area contributed by atoms with Crippen LogP contribution in [0.5, 0.6) is 0 Å². The maximum Gasteiger partial charge on any atom is 0.0110 e. The van der Waals surface area contributed by atoms with Gasteiger partial charge in [-0.25, -0.2) is 0 Å². The van der Waals surface area contributed by atoms with Gasteiger partial charge in [0, 0.05) is 32.7 Å². The van der Waals surface area contributed by atoms with Gasteiger partial charge in [-0.05, 0) is 45.9 Å². The number of unbranched alkanes of at least 4 members (excludes halogenated alkanes) is 1. The number of hydrogen-bond acceptors (Lipinski definition) is 3. The third kappa shape index (κ3) is 16.5. The molecule has 1 atom stereocenters. The molecular formula is C20H47N3. The molecule has 23 heavy (non-hydrogen) atoms. The van der Waals surface area contributed by atoms with E-state index in [1.54, 1.807) is 0 Å². The molecule has 0 aromatic carbocycles. The van der Waals surface area contributed by atoms with Crippen molar-refractivity contribution < 1.29 is 0 Å². The van der Waals surface area contributed by atoms with E-state index in [1.165, 1.54) is 71.5 Å². The summed E-state index contributed by atoms with van der Waals surface area (Å²) >= 11 is 0. The highest BCUT2D eigenvalue weighted by Gasteiger charge is 2.16. The summed E-state index contributed by atoms with van der Waals surface area (Å²) in [7, 11) is 4.46. The molecule has 1 rings (SSSR count). The van der Waals surface area contributed by atoms with E-state index in [4.69, 9.17) is 0 Å². The Labute approximate surface area is 148 Å². The number of likely N-dealkylation sites (N-methyl/N-ethyl adjacent to an activating group) is 1. The molecule has 0 spiro atoms. The van der Waals surface area contributed by atoms with Crippen molar-refractivity contribution in [2.75, 3.05) is 59.9 Å². The lowest BCUT2D eigenvalue weighted by Crippen LogP contribution is -2.46. The highest BCUT2D eigenvalue weighted by Crippen LogP contribution is 2.08. The molecule has 0 aromatic rings. The van der Waals surface area contributed by atoms with Crippen molar-refractivity contribution in [2.24, 2.45) is 5.92 Å². The van der Waals surface area contributed by atoms with Crippen molar-refractivity contribution in [3.8, 4) is 0 Å². The van der Waals surface area contributed by atoms with Crippen LogP contribution in [0.1, 0.15) is 67.2 Å². The van der Waals surface area contributed by atoms with E-state index >= 15 is 0 Å². The standard InChI is InChI=1S/C14H31N3.C4H10.C2H6/c1-5-7-15(3)8-6-14(2)13-17-11-9-16(4)10-12-17;1-3-4-2;1-2/h14H,5-13H2,1-4H3;3-4H2,1-2H3;1-2H3. The summed E-state index contributed by atoms with van der Waals surface area (Å²) in [6.45, 7) is 21.8. The molecule has 1 saturated heterocycles. The van der Waals surface area contributed by atoms with Crippen LogP contribution in [-0.2, 0) is 0 Å². The summed E-state index contributed by atoms with van der Waals surface area (Å²) in [6.07, 6.45) is 5.24. The van der Waals surface area contributed by atoms with Crippen LogP contribution >= 0.6 is 0 Å². The Kier molecular flexibility index (Phi) is 19.9. The summed E-state index contributed by atoms with van der Waals surface area (Å²) < 4.78 is 0. The van der Waals surface area contributed by atoms with Crippen molar-refractivity contribution >= 4 is 0 Å². The summed E-state index contributed by atoms with van der Waals surface area (Å²) in [6, 6.07) is 0. The van der Waals surface area contributed by atoms with Gasteiger partial charge in [-0.15, -0.1) is 0 Å². The van der Waals surface area contributed by atoms with Crippen molar-refractivity contribution in [3.05, 3.63) is 0 Å². The minimum absolute atomic E-state index is 0.831. The van der Waals surface area contributed by atoms with Gasteiger partial charge in [0.2, 0.25) is 0 Å². The average molecular weight is 330 g/mol. The summed E-state index contributed by atoms with van der Waals surface area (Å²) in [5.74, 6) is 0.831. The maximum absolute atomic E-state index is 2.63. The fraction of sp³-hybridized carbons (Fsp3) is 1.00. The third-order valence-electron chi connectivity index (χ3n) is 4.27. The number of piperazine rings is 1. The van der Waals surface area contributed by atoms with E-state index in [0.29, 0.717) is 0 Å². The predicted molar refractivity (Wildman–Crippen MR) is 107 cm³/mol. The van der Waals surface area contributed by atoms with Gasteiger partial charge in [-0.3, -0.25) is 0 Å². The number of hydrogen-bond donors (Lipinski definition) is 0. The second kappa shape index (κ2) is 18.2. The van der Waals surface area contributed by atoms with Crippen molar-refractivity contribution in [3.63, 3.8) is 0 Å². The Morgan fingerprint density at radius 3 is 1.83 bits per heavy atom. The average Bonchev–Trinajstić information content (AvgIpc) is 2.57. The minimum Gasteiger partial charge on any atom is -0.306 e. The third-order valence-corrected chi connectivity index (χ3v) is 4.27. The van der Waals surface area contributed by atoms with Crippen LogP contribution in [0, 0.1) is 5.92 Å². The highest BCUT2D eigenvalue weighted by atomic mass is 15.2. The molecule has 142 valence electrons. The van der Waals surface area contributed by atoms with Gasteiger partial charge in [0.1, 0.15) is 0 Å². The van der Waals surface area contributed by atoms with E-state index in [2.05, 4.69) is 56.5 Å². The van der Waals surface area contributed by atoms with E-state index in [9.17, 15) is 0 Å². The minimum atomic E-state index is 0.831. The maximum atomic E-state index is 2.63. The van der Waals surface area contributed by atoms with E-state index < -0.39 is 0 Å². The Bertz CT molecular complexity index is 211. The SMILES string of the molecule is CC.CCCC.CCCN(C)CCC(C)CN1CCN(C)CC1. The molecule has 0 bridgehead atoms. The molecule has 1 unspecified atom stereocenters. The van der Waals surface area contributed by atoms with Crippen molar-refractivity contribution in [1.82, 2.24) is 14.7 Å². The quantitative estimate of drug-likeness (QED) is 0.652. The Morgan fingerprint density at radius 2 is 1.39 bits per heavy atom. The largest absolute Gasteiger partial charge is 0.306 e. The first-order valence-electron chi connectivity index (χ1n) is 10.1. The molecule has 1 aliphatic rings. The molecule has 0 amide bonds. The van der Waals surface area contributed by atoms with Crippen LogP contribution in [-0.4, -0.2) is 74.6 Å². The van der Waals surface area contributed by atoms with Gasteiger partial charge in [0.15, 0.2) is 0 Å². The first-order chi connectivity index (χ1) is 11.0. The van der Waals surface area contributed by atoms with Gasteiger partial charge < -0.3 is 14.7 Å². The van der Waals surface area contributed by atoms with Crippen LogP contribution in [0.4, 0.5) is 0 Å². The lowest BCUT2D eigenvalue weighted by atomic mass is 10.1. The Hall–Kier alpha value is -0.120. The van der Waals surface area contributed by atoms with E-state index in [0.717, 1.165) is 5.92 Å². The summed E-state index contributed by atoms with van der Waals surface area (Å²) in [4.78, 5) is 7.52. The topological polar surface area (TPSA) is 9.72 Å². The first-order valence-corrected chi connectivity index (χ1v) is 10.1. The molecule has 0 radical (unpaired) electrons. The van der Waals surface area contributed by atoms with Crippen LogP contribution in [0.25, 0.3) is 0 Å². The fourth-order valence-electron chi connectivity index (χ4n) is 2.50. The van der Waals surface area contributed by atoms with Gasteiger partial charge >= 0.3 is 0 Å². The van der Waals surface area contributed by atoms with Crippen LogP contribution in [0.15, 0.2) is 0 Å². The smallest absolute Gasteiger partial charge is 0.0110 e. The molecule has 0 aliphatic carbocycles. The normalized spacial score (nSPS) is 17.1. The summed E-state index contributed by atoms with van der Waals surface area (Å²) in [5.41, 5.74) is 0. The lowest BCUT2D eigenvalue weighted by Gasteiger charge is -2.34. The number of rotatable bonds is 8. The van der Waals surface area contributed by atoms with Gasteiger partial charge in [-0.1, -0.05) is 54.4 Å². The second-order valence-electron chi connectivity index (χ2n) is 6.80. The first kappa shape index (κ1) is 25.1. The fourth-order valence-corrected chi connectivity index (χ4v) is 2.50. The van der Waals surface area contributed by atoms with Crippen molar-refractivity contribution in [1.29, 1.82) is 0 Å². The molecule has 0 N–H and O–H groups in total. The zero-order valence-corrected chi connectivity index (χ0v) is 17.7. The van der Waals surface area contributed by atoms with Gasteiger partial charge in [0.05, 0.1) is 0 Å². The highest BCUT2D eigenvalue weighted by molar-refractivity contribution is 4.71. The monoisotopic (exact) mass is 329 g/mol.